The van der Waals surface area contributed by atoms with E-state index in [9.17, 15) is 4.79 Å². The molecule has 1 aromatic rings. The Morgan fingerprint density at radius 2 is 2.00 bits per heavy atom. The highest BCUT2D eigenvalue weighted by atomic mass is 32.1. The number of ether oxygens (including phenoxy) is 2. The molecule has 2 saturated heterocycles. The van der Waals surface area contributed by atoms with Crippen LogP contribution < -0.4 is 0 Å². The van der Waals surface area contributed by atoms with Crippen molar-refractivity contribution >= 4 is 17.4 Å². The van der Waals surface area contributed by atoms with Crippen LogP contribution >= 0.6 is 11.5 Å². The number of piperidine rings is 1. The van der Waals surface area contributed by atoms with Crippen LogP contribution in [0, 0.1) is 6.92 Å². The lowest BCUT2D eigenvalue weighted by Gasteiger charge is -2.43. The zero-order chi connectivity index (χ0) is 13.3. The van der Waals surface area contributed by atoms with E-state index in [1.54, 1.807) is 0 Å². The van der Waals surface area contributed by atoms with E-state index in [0.29, 0.717) is 23.7 Å². The second kappa shape index (κ2) is 5.15. The highest BCUT2D eigenvalue weighted by Crippen LogP contribution is 2.31. The molecule has 2 aliphatic rings. The van der Waals surface area contributed by atoms with Gasteiger partial charge in [0.05, 0.1) is 18.9 Å². The van der Waals surface area contributed by atoms with Gasteiger partial charge in [0.2, 0.25) is 0 Å². The zero-order valence-electron chi connectivity index (χ0n) is 10.9. The third-order valence-electron chi connectivity index (χ3n) is 3.68. The molecule has 1 spiro atoms. The van der Waals surface area contributed by atoms with Crippen LogP contribution in [0.4, 0.5) is 0 Å². The van der Waals surface area contributed by atoms with Gasteiger partial charge in [-0.2, -0.15) is 0 Å². The lowest BCUT2D eigenvalue weighted by Crippen LogP contribution is -2.51. The minimum atomic E-state index is -0.448. The first-order valence-electron chi connectivity index (χ1n) is 6.56. The number of aromatic nitrogens is 2. The molecule has 0 N–H and O–H groups in total. The predicted molar refractivity (Wildman–Crippen MR) is 69.0 cm³/mol. The molecule has 0 unspecified atom stereocenters. The van der Waals surface area contributed by atoms with E-state index in [1.165, 1.54) is 0 Å². The van der Waals surface area contributed by atoms with Crippen molar-refractivity contribution in [2.24, 2.45) is 0 Å². The Morgan fingerprint density at radius 3 is 2.58 bits per heavy atom. The van der Waals surface area contributed by atoms with E-state index in [4.69, 9.17) is 9.47 Å². The lowest BCUT2D eigenvalue weighted by atomic mass is 10.0. The summed E-state index contributed by atoms with van der Waals surface area (Å²) in [6.07, 6.45) is 2.43. The van der Waals surface area contributed by atoms with E-state index in [-0.39, 0.29) is 5.91 Å². The minimum Gasteiger partial charge on any atom is -0.350 e. The minimum absolute atomic E-state index is 0.0261. The molecule has 0 saturated carbocycles. The maximum atomic E-state index is 12.3. The van der Waals surface area contributed by atoms with Crippen LogP contribution in [0.5, 0.6) is 0 Å². The number of rotatable bonds is 1. The molecule has 2 fully saturated rings. The number of carbonyl (C=O) groups is 1. The standard InChI is InChI=1S/C12H17N3O3S/c1-9-10(19-14-13-9)11(16)15-5-3-12(4-6-15)17-7-2-8-18-12/h2-8H2,1H3. The number of likely N-dealkylation sites (tertiary alicyclic amines) is 1. The van der Waals surface area contributed by atoms with Crippen LogP contribution in [0.3, 0.4) is 0 Å². The fourth-order valence-electron chi connectivity index (χ4n) is 2.53. The SMILES string of the molecule is Cc1nnsc1C(=O)N1CCC2(CC1)OCCCO2. The van der Waals surface area contributed by atoms with Gasteiger partial charge in [0.15, 0.2) is 5.79 Å². The normalized spacial score (nSPS) is 22.7. The van der Waals surface area contributed by atoms with Crippen LogP contribution in [0.2, 0.25) is 0 Å². The third-order valence-corrected chi connectivity index (χ3v) is 4.49. The summed E-state index contributed by atoms with van der Waals surface area (Å²) in [5.74, 6) is -0.422. The topological polar surface area (TPSA) is 64.6 Å². The molecule has 3 heterocycles. The largest absolute Gasteiger partial charge is 0.350 e. The van der Waals surface area contributed by atoms with Crippen molar-refractivity contribution in [1.29, 1.82) is 0 Å². The summed E-state index contributed by atoms with van der Waals surface area (Å²) < 4.78 is 15.3. The van der Waals surface area contributed by atoms with E-state index < -0.39 is 5.79 Å². The van der Waals surface area contributed by atoms with Gasteiger partial charge in [-0.1, -0.05) is 4.49 Å². The highest BCUT2D eigenvalue weighted by Gasteiger charge is 2.39. The van der Waals surface area contributed by atoms with Gasteiger partial charge in [0.25, 0.3) is 5.91 Å². The first-order chi connectivity index (χ1) is 9.20. The fraction of sp³-hybridized carbons (Fsp3) is 0.750. The second-order valence-electron chi connectivity index (χ2n) is 4.94. The van der Waals surface area contributed by atoms with E-state index in [0.717, 1.165) is 44.0 Å². The second-order valence-corrected chi connectivity index (χ2v) is 5.69. The molecule has 0 aromatic carbocycles. The maximum absolute atomic E-state index is 12.3. The highest BCUT2D eigenvalue weighted by molar-refractivity contribution is 7.07. The summed E-state index contributed by atoms with van der Waals surface area (Å²) in [5, 5.41) is 3.89. The van der Waals surface area contributed by atoms with Crippen molar-refractivity contribution in [3.63, 3.8) is 0 Å². The average molecular weight is 283 g/mol. The number of nitrogens with zero attached hydrogens (tertiary/aromatic N) is 3. The van der Waals surface area contributed by atoms with E-state index in [2.05, 4.69) is 9.59 Å². The van der Waals surface area contributed by atoms with Crippen LogP contribution in [-0.4, -0.2) is 52.5 Å². The molecule has 7 heteroatoms. The summed E-state index contributed by atoms with van der Waals surface area (Å²) in [7, 11) is 0. The molecule has 6 nitrogen and oxygen atoms in total. The Hall–Kier alpha value is -1.05. The van der Waals surface area contributed by atoms with Gasteiger partial charge < -0.3 is 14.4 Å². The first-order valence-corrected chi connectivity index (χ1v) is 7.34. The summed E-state index contributed by atoms with van der Waals surface area (Å²) in [6.45, 7) is 4.65. The zero-order valence-corrected chi connectivity index (χ0v) is 11.7. The van der Waals surface area contributed by atoms with Gasteiger partial charge >= 0.3 is 0 Å². The van der Waals surface area contributed by atoms with Gasteiger partial charge in [0.1, 0.15) is 4.88 Å². The third kappa shape index (κ3) is 2.50. The molecule has 1 amide bonds. The molecular weight excluding hydrogens is 266 g/mol. The number of hydrogen-bond donors (Lipinski definition) is 0. The van der Waals surface area contributed by atoms with Crippen molar-refractivity contribution in [3.05, 3.63) is 10.6 Å². The number of aryl methyl sites for hydroxylation is 1. The van der Waals surface area contributed by atoms with E-state index in [1.807, 2.05) is 11.8 Å². The summed E-state index contributed by atoms with van der Waals surface area (Å²) in [6, 6.07) is 0. The van der Waals surface area contributed by atoms with Crippen molar-refractivity contribution in [2.75, 3.05) is 26.3 Å². The van der Waals surface area contributed by atoms with Crippen LogP contribution in [0.1, 0.15) is 34.6 Å². The van der Waals surface area contributed by atoms with Gasteiger partial charge in [-0.3, -0.25) is 4.79 Å². The van der Waals surface area contributed by atoms with Crippen LogP contribution in [0.15, 0.2) is 0 Å². The van der Waals surface area contributed by atoms with Gasteiger partial charge in [-0.25, -0.2) is 0 Å². The molecule has 0 bridgehead atoms. The lowest BCUT2D eigenvalue weighted by molar-refractivity contribution is -0.281. The predicted octanol–water partition coefficient (Wildman–Crippen LogP) is 1.22. The van der Waals surface area contributed by atoms with Crippen LogP contribution in [-0.2, 0) is 9.47 Å². The van der Waals surface area contributed by atoms with Gasteiger partial charge in [-0.15, -0.1) is 5.10 Å². The molecule has 0 radical (unpaired) electrons. The first kappa shape index (κ1) is 13.0. The maximum Gasteiger partial charge on any atom is 0.267 e. The molecular formula is C12H17N3O3S. The van der Waals surface area contributed by atoms with Gasteiger partial charge in [0, 0.05) is 25.9 Å². The monoisotopic (exact) mass is 283 g/mol. The number of hydrogen-bond acceptors (Lipinski definition) is 6. The van der Waals surface area contributed by atoms with Crippen LogP contribution in [0.25, 0.3) is 0 Å². The van der Waals surface area contributed by atoms with Crippen molar-refractivity contribution in [3.8, 4) is 0 Å². The summed E-state index contributed by atoms with van der Waals surface area (Å²) in [4.78, 5) is 14.8. The van der Waals surface area contributed by atoms with Gasteiger partial charge in [-0.05, 0) is 24.9 Å². The molecule has 3 rings (SSSR count). The Morgan fingerprint density at radius 1 is 1.32 bits per heavy atom. The summed E-state index contributed by atoms with van der Waals surface area (Å²) in [5.41, 5.74) is 0.709. The molecule has 0 aliphatic carbocycles. The van der Waals surface area contributed by atoms with Crippen molar-refractivity contribution < 1.29 is 14.3 Å². The Kier molecular flexibility index (Phi) is 3.51. The molecule has 0 atom stereocenters. The molecule has 2 aliphatic heterocycles. The van der Waals surface area contributed by atoms with E-state index >= 15 is 0 Å². The van der Waals surface area contributed by atoms with Crippen molar-refractivity contribution in [2.45, 2.75) is 32.0 Å². The number of carbonyl (C=O) groups excluding carboxylic acids is 1. The quantitative estimate of drug-likeness (QED) is 0.775. The molecule has 104 valence electrons. The smallest absolute Gasteiger partial charge is 0.267 e. The fourth-order valence-corrected chi connectivity index (χ4v) is 3.15. The summed E-state index contributed by atoms with van der Waals surface area (Å²) >= 11 is 1.16. The Labute approximate surface area is 115 Å². The molecule has 1 aromatic heterocycles. The average Bonchev–Trinajstić information content (AvgIpc) is 2.86. The Bertz CT molecular complexity index is 461. The molecule has 19 heavy (non-hydrogen) atoms. The number of amides is 1. The Balaban J connectivity index is 1.64. The van der Waals surface area contributed by atoms with Crippen molar-refractivity contribution in [1.82, 2.24) is 14.5 Å².